The van der Waals surface area contributed by atoms with Gasteiger partial charge < -0.3 is 10.2 Å². The first-order valence-corrected chi connectivity index (χ1v) is 9.76. The van der Waals surface area contributed by atoms with Gasteiger partial charge in [0.2, 0.25) is 5.91 Å². The standard InChI is InChI=1S/C23H30N2O/c1-18(12-15-25-16-13-23(14-17-25)24-19(2)26)20-8-10-22(11-9-20)21-6-4-3-5-7-21/h3-11,18,23H,12-17H2,1-2H3,(H,24,26)/t18-/m1/s1. The van der Waals surface area contributed by atoms with Crippen molar-refractivity contribution in [3.05, 3.63) is 60.2 Å². The molecule has 0 aromatic heterocycles. The summed E-state index contributed by atoms with van der Waals surface area (Å²) in [5, 5.41) is 3.05. The van der Waals surface area contributed by atoms with Crippen molar-refractivity contribution >= 4 is 5.91 Å². The van der Waals surface area contributed by atoms with Crippen molar-refractivity contribution in [3.63, 3.8) is 0 Å². The quantitative estimate of drug-likeness (QED) is 0.835. The molecule has 1 amide bonds. The van der Waals surface area contributed by atoms with E-state index in [1.54, 1.807) is 6.92 Å². The summed E-state index contributed by atoms with van der Waals surface area (Å²) in [6, 6.07) is 19.9. The Morgan fingerprint density at radius 1 is 1.04 bits per heavy atom. The van der Waals surface area contributed by atoms with E-state index in [0.717, 1.165) is 32.5 Å². The number of nitrogens with zero attached hydrogens (tertiary/aromatic N) is 1. The fourth-order valence-corrected chi connectivity index (χ4v) is 3.77. The molecule has 3 heteroatoms. The third-order valence-electron chi connectivity index (χ3n) is 5.46. The van der Waals surface area contributed by atoms with Gasteiger partial charge in [-0.25, -0.2) is 0 Å². The fourth-order valence-electron chi connectivity index (χ4n) is 3.77. The molecular formula is C23H30N2O. The van der Waals surface area contributed by atoms with Crippen LogP contribution in [0.2, 0.25) is 0 Å². The number of benzene rings is 2. The summed E-state index contributed by atoms with van der Waals surface area (Å²) in [5.74, 6) is 0.656. The molecule has 0 aliphatic carbocycles. The van der Waals surface area contributed by atoms with Crippen LogP contribution in [0.5, 0.6) is 0 Å². The highest BCUT2D eigenvalue weighted by Crippen LogP contribution is 2.25. The van der Waals surface area contributed by atoms with Gasteiger partial charge in [0.15, 0.2) is 0 Å². The summed E-state index contributed by atoms with van der Waals surface area (Å²) in [6.45, 7) is 7.24. The second-order valence-corrected chi connectivity index (χ2v) is 7.49. The summed E-state index contributed by atoms with van der Waals surface area (Å²) < 4.78 is 0. The normalized spacial score (nSPS) is 17.0. The molecule has 0 radical (unpaired) electrons. The van der Waals surface area contributed by atoms with Crippen molar-refractivity contribution in [2.75, 3.05) is 19.6 Å². The largest absolute Gasteiger partial charge is 0.354 e. The Morgan fingerprint density at radius 3 is 2.27 bits per heavy atom. The number of carbonyl (C=O) groups is 1. The summed E-state index contributed by atoms with van der Waals surface area (Å²) in [4.78, 5) is 13.7. The summed E-state index contributed by atoms with van der Waals surface area (Å²) in [6.07, 6.45) is 3.31. The topological polar surface area (TPSA) is 32.3 Å². The smallest absolute Gasteiger partial charge is 0.217 e. The van der Waals surface area contributed by atoms with Gasteiger partial charge in [0, 0.05) is 26.1 Å². The maximum absolute atomic E-state index is 11.2. The molecule has 2 aromatic carbocycles. The van der Waals surface area contributed by atoms with Crippen LogP contribution in [0.1, 0.15) is 44.6 Å². The Balaban J connectivity index is 1.47. The van der Waals surface area contributed by atoms with Crippen molar-refractivity contribution in [1.82, 2.24) is 10.2 Å². The first kappa shape index (κ1) is 18.7. The van der Waals surface area contributed by atoms with Gasteiger partial charge in [-0.1, -0.05) is 61.5 Å². The van der Waals surface area contributed by atoms with Gasteiger partial charge in [-0.2, -0.15) is 0 Å². The average Bonchev–Trinajstić information content (AvgIpc) is 2.67. The zero-order valence-corrected chi connectivity index (χ0v) is 15.9. The van der Waals surface area contributed by atoms with E-state index in [2.05, 4.69) is 71.7 Å². The predicted molar refractivity (Wildman–Crippen MR) is 108 cm³/mol. The number of piperidine rings is 1. The summed E-state index contributed by atoms with van der Waals surface area (Å²) in [7, 11) is 0. The zero-order valence-electron chi connectivity index (χ0n) is 15.9. The fraction of sp³-hybridized carbons (Fsp3) is 0.435. The lowest BCUT2D eigenvalue weighted by Crippen LogP contribution is -2.44. The highest BCUT2D eigenvalue weighted by molar-refractivity contribution is 5.73. The monoisotopic (exact) mass is 350 g/mol. The van der Waals surface area contributed by atoms with Gasteiger partial charge in [-0.05, 0) is 48.4 Å². The molecule has 2 aromatic rings. The van der Waals surface area contributed by atoms with Crippen molar-refractivity contribution in [2.45, 2.75) is 45.1 Å². The maximum atomic E-state index is 11.2. The Bertz CT molecular complexity index is 688. The highest BCUT2D eigenvalue weighted by Gasteiger charge is 2.20. The van der Waals surface area contributed by atoms with E-state index in [1.807, 2.05) is 0 Å². The second kappa shape index (κ2) is 9.00. The Hall–Kier alpha value is -2.13. The van der Waals surface area contributed by atoms with Crippen LogP contribution in [0, 0.1) is 0 Å². The number of nitrogens with one attached hydrogen (secondary N) is 1. The van der Waals surface area contributed by atoms with Crippen LogP contribution in [-0.4, -0.2) is 36.5 Å². The number of likely N-dealkylation sites (tertiary alicyclic amines) is 1. The molecule has 1 aliphatic heterocycles. The molecule has 1 heterocycles. The molecule has 1 fully saturated rings. The molecule has 138 valence electrons. The van der Waals surface area contributed by atoms with Gasteiger partial charge in [-0.15, -0.1) is 0 Å². The molecular weight excluding hydrogens is 320 g/mol. The minimum absolute atomic E-state index is 0.0935. The van der Waals surface area contributed by atoms with E-state index in [0.29, 0.717) is 12.0 Å². The molecule has 3 nitrogen and oxygen atoms in total. The van der Waals surface area contributed by atoms with E-state index < -0.39 is 0 Å². The van der Waals surface area contributed by atoms with E-state index in [1.165, 1.54) is 23.1 Å². The molecule has 1 atom stereocenters. The molecule has 1 N–H and O–H groups in total. The zero-order chi connectivity index (χ0) is 18.4. The molecule has 0 unspecified atom stereocenters. The number of amides is 1. The molecule has 1 aliphatic rings. The van der Waals surface area contributed by atoms with Crippen LogP contribution in [0.15, 0.2) is 54.6 Å². The van der Waals surface area contributed by atoms with Crippen molar-refractivity contribution < 1.29 is 4.79 Å². The van der Waals surface area contributed by atoms with Crippen LogP contribution < -0.4 is 5.32 Å². The minimum Gasteiger partial charge on any atom is -0.354 e. The number of rotatable bonds is 6. The SMILES string of the molecule is CC(=O)NC1CCN(CC[C@@H](C)c2ccc(-c3ccccc3)cc2)CC1. The maximum Gasteiger partial charge on any atom is 0.217 e. The number of hydrogen-bond acceptors (Lipinski definition) is 2. The van der Waals surface area contributed by atoms with E-state index in [-0.39, 0.29) is 5.91 Å². The highest BCUT2D eigenvalue weighted by atomic mass is 16.1. The average molecular weight is 351 g/mol. The molecule has 3 rings (SSSR count). The van der Waals surface area contributed by atoms with Crippen LogP contribution >= 0.6 is 0 Å². The van der Waals surface area contributed by atoms with Gasteiger partial charge in [0.1, 0.15) is 0 Å². The van der Waals surface area contributed by atoms with Crippen molar-refractivity contribution in [3.8, 4) is 11.1 Å². The van der Waals surface area contributed by atoms with E-state index >= 15 is 0 Å². The lowest BCUT2D eigenvalue weighted by Gasteiger charge is -2.32. The lowest BCUT2D eigenvalue weighted by atomic mass is 9.94. The molecule has 26 heavy (non-hydrogen) atoms. The van der Waals surface area contributed by atoms with Crippen LogP contribution in [0.3, 0.4) is 0 Å². The summed E-state index contributed by atoms with van der Waals surface area (Å²) in [5.41, 5.74) is 3.97. The second-order valence-electron chi connectivity index (χ2n) is 7.49. The van der Waals surface area contributed by atoms with Gasteiger partial charge in [0.05, 0.1) is 0 Å². The Labute approximate surface area is 157 Å². The molecule has 0 spiro atoms. The van der Waals surface area contributed by atoms with Crippen molar-refractivity contribution in [1.29, 1.82) is 0 Å². The third-order valence-corrected chi connectivity index (χ3v) is 5.46. The van der Waals surface area contributed by atoms with Gasteiger partial charge in [0.25, 0.3) is 0 Å². The number of hydrogen-bond donors (Lipinski definition) is 1. The molecule has 0 saturated carbocycles. The van der Waals surface area contributed by atoms with E-state index in [4.69, 9.17) is 0 Å². The van der Waals surface area contributed by atoms with Crippen molar-refractivity contribution in [2.24, 2.45) is 0 Å². The number of carbonyl (C=O) groups excluding carboxylic acids is 1. The van der Waals surface area contributed by atoms with Gasteiger partial charge >= 0.3 is 0 Å². The Kier molecular flexibility index (Phi) is 6.45. The van der Waals surface area contributed by atoms with Gasteiger partial charge in [-0.3, -0.25) is 4.79 Å². The molecule has 0 bridgehead atoms. The summed E-state index contributed by atoms with van der Waals surface area (Å²) >= 11 is 0. The molecule has 1 saturated heterocycles. The van der Waals surface area contributed by atoms with Crippen LogP contribution in [-0.2, 0) is 4.79 Å². The predicted octanol–water partition coefficient (Wildman–Crippen LogP) is 4.45. The minimum atomic E-state index is 0.0935. The first-order chi connectivity index (χ1) is 12.6. The lowest BCUT2D eigenvalue weighted by molar-refractivity contribution is -0.119. The third kappa shape index (κ3) is 5.18. The first-order valence-electron chi connectivity index (χ1n) is 9.76. The van der Waals surface area contributed by atoms with Crippen LogP contribution in [0.25, 0.3) is 11.1 Å². The Morgan fingerprint density at radius 2 is 1.65 bits per heavy atom. The van der Waals surface area contributed by atoms with Crippen LogP contribution in [0.4, 0.5) is 0 Å². The van der Waals surface area contributed by atoms with E-state index in [9.17, 15) is 4.79 Å².